The average Bonchev–Trinajstić information content (AvgIpc) is 2.91. The van der Waals surface area contributed by atoms with Crippen molar-refractivity contribution in [3.8, 4) is 0 Å². The van der Waals surface area contributed by atoms with Gasteiger partial charge in [0.1, 0.15) is 5.82 Å². The highest BCUT2D eigenvalue weighted by molar-refractivity contribution is 5.18. The van der Waals surface area contributed by atoms with E-state index in [1.165, 1.54) is 17.8 Å². The predicted octanol–water partition coefficient (Wildman–Crippen LogP) is 2.22. The molecule has 0 aliphatic heterocycles. The summed E-state index contributed by atoms with van der Waals surface area (Å²) in [6.07, 6.45) is 2.49. The van der Waals surface area contributed by atoms with Gasteiger partial charge in [0.2, 0.25) is 0 Å². The molecule has 0 amide bonds. The standard InChI is InChI=1S/C16H23FN4/c1-3-14-10-16(21(4-2)20-14)11-15(19-18)9-12-5-7-13(17)8-6-12/h5-8,10,15,19H,3-4,9,11,18H2,1-2H3. The summed E-state index contributed by atoms with van der Waals surface area (Å²) < 4.78 is 15.0. The van der Waals surface area contributed by atoms with Gasteiger partial charge >= 0.3 is 0 Å². The van der Waals surface area contributed by atoms with Gasteiger partial charge in [-0.1, -0.05) is 19.1 Å². The van der Waals surface area contributed by atoms with Crippen LogP contribution in [0.25, 0.3) is 0 Å². The van der Waals surface area contributed by atoms with Crippen LogP contribution in [0.4, 0.5) is 4.39 Å². The molecule has 5 heteroatoms. The number of rotatable bonds is 7. The minimum absolute atomic E-state index is 0.0992. The Morgan fingerprint density at radius 1 is 1.24 bits per heavy atom. The first kappa shape index (κ1) is 15.7. The zero-order valence-corrected chi connectivity index (χ0v) is 12.6. The lowest BCUT2D eigenvalue weighted by Crippen LogP contribution is -2.39. The lowest BCUT2D eigenvalue weighted by atomic mass is 10.0. The van der Waals surface area contributed by atoms with Crippen LogP contribution >= 0.6 is 0 Å². The molecule has 4 nitrogen and oxygen atoms in total. The monoisotopic (exact) mass is 290 g/mol. The highest BCUT2D eigenvalue weighted by Crippen LogP contribution is 2.12. The van der Waals surface area contributed by atoms with Crippen LogP contribution in [0.3, 0.4) is 0 Å². The molecule has 114 valence electrons. The van der Waals surface area contributed by atoms with Crippen LogP contribution < -0.4 is 11.3 Å². The number of benzene rings is 1. The SMILES string of the molecule is CCc1cc(CC(Cc2ccc(F)cc2)NN)n(CC)n1. The van der Waals surface area contributed by atoms with Gasteiger partial charge in [-0.3, -0.25) is 16.0 Å². The number of nitrogens with zero attached hydrogens (tertiary/aromatic N) is 2. The fourth-order valence-corrected chi connectivity index (χ4v) is 2.47. The molecule has 1 unspecified atom stereocenters. The molecule has 0 saturated heterocycles. The molecule has 0 radical (unpaired) electrons. The highest BCUT2D eigenvalue weighted by atomic mass is 19.1. The van der Waals surface area contributed by atoms with Crippen LogP contribution in [0, 0.1) is 5.82 Å². The number of hydrazine groups is 1. The van der Waals surface area contributed by atoms with Crippen molar-refractivity contribution in [2.45, 2.75) is 45.7 Å². The first-order valence-electron chi connectivity index (χ1n) is 7.42. The summed E-state index contributed by atoms with van der Waals surface area (Å²) in [6, 6.07) is 8.80. The Balaban J connectivity index is 2.08. The van der Waals surface area contributed by atoms with Crippen molar-refractivity contribution in [3.05, 3.63) is 53.1 Å². The normalized spacial score (nSPS) is 12.6. The Kier molecular flexibility index (Phi) is 5.47. The van der Waals surface area contributed by atoms with E-state index in [1.807, 2.05) is 4.68 Å². The zero-order chi connectivity index (χ0) is 15.2. The predicted molar refractivity (Wildman–Crippen MR) is 82.2 cm³/mol. The van der Waals surface area contributed by atoms with Gasteiger partial charge in [0.25, 0.3) is 0 Å². The van der Waals surface area contributed by atoms with Crippen molar-refractivity contribution >= 4 is 0 Å². The van der Waals surface area contributed by atoms with Gasteiger partial charge in [-0.15, -0.1) is 0 Å². The van der Waals surface area contributed by atoms with E-state index >= 15 is 0 Å². The topological polar surface area (TPSA) is 55.9 Å². The van der Waals surface area contributed by atoms with E-state index in [0.717, 1.165) is 37.1 Å². The van der Waals surface area contributed by atoms with Crippen LogP contribution in [0.15, 0.2) is 30.3 Å². The summed E-state index contributed by atoms with van der Waals surface area (Å²) in [4.78, 5) is 0. The third-order valence-electron chi connectivity index (χ3n) is 3.66. The second-order valence-electron chi connectivity index (χ2n) is 5.19. The molecule has 2 rings (SSSR count). The molecule has 0 aliphatic rings. The lowest BCUT2D eigenvalue weighted by molar-refractivity contribution is 0.495. The van der Waals surface area contributed by atoms with Gasteiger partial charge < -0.3 is 0 Å². The number of hydrogen-bond donors (Lipinski definition) is 2. The van der Waals surface area contributed by atoms with Gasteiger partial charge in [-0.25, -0.2) is 4.39 Å². The third-order valence-corrected chi connectivity index (χ3v) is 3.66. The first-order chi connectivity index (χ1) is 10.2. The molecule has 1 heterocycles. The van der Waals surface area contributed by atoms with E-state index in [1.54, 1.807) is 12.1 Å². The number of nitrogens with one attached hydrogen (secondary N) is 1. The van der Waals surface area contributed by atoms with E-state index in [9.17, 15) is 4.39 Å². The largest absolute Gasteiger partial charge is 0.271 e. The van der Waals surface area contributed by atoms with Gasteiger partial charge in [0.05, 0.1) is 5.69 Å². The van der Waals surface area contributed by atoms with Crippen LogP contribution in [0.5, 0.6) is 0 Å². The summed E-state index contributed by atoms with van der Waals surface area (Å²) in [5, 5.41) is 4.55. The van der Waals surface area contributed by atoms with Gasteiger partial charge in [-0.2, -0.15) is 5.10 Å². The Labute approximate surface area is 125 Å². The number of aryl methyl sites for hydroxylation is 2. The number of hydrogen-bond acceptors (Lipinski definition) is 3. The summed E-state index contributed by atoms with van der Waals surface area (Å²) in [6.45, 7) is 5.03. The van der Waals surface area contributed by atoms with E-state index in [-0.39, 0.29) is 11.9 Å². The van der Waals surface area contributed by atoms with Gasteiger partial charge in [-0.05, 0) is 43.5 Å². The third kappa shape index (κ3) is 4.12. The Morgan fingerprint density at radius 2 is 1.95 bits per heavy atom. The molecule has 0 fully saturated rings. The van der Waals surface area contributed by atoms with E-state index in [0.29, 0.717) is 0 Å². The van der Waals surface area contributed by atoms with Crippen molar-refractivity contribution in [2.24, 2.45) is 5.84 Å². The maximum atomic E-state index is 12.9. The van der Waals surface area contributed by atoms with Crippen LogP contribution in [-0.4, -0.2) is 15.8 Å². The minimum atomic E-state index is -0.215. The molecule has 0 bridgehead atoms. The molecule has 1 aromatic heterocycles. The van der Waals surface area contributed by atoms with E-state index in [2.05, 4.69) is 30.4 Å². The van der Waals surface area contributed by atoms with Crippen molar-refractivity contribution in [1.82, 2.24) is 15.2 Å². The van der Waals surface area contributed by atoms with Crippen LogP contribution in [-0.2, 0) is 25.8 Å². The Hall–Kier alpha value is -1.72. The fraction of sp³-hybridized carbons (Fsp3) is 0.438. The van der Waals surface area contributed by atoms with Gasteiger partial charge in [0, 0.05) is 24.7 Å². The van der Waals surface area contributed by atoms with Gasteiger partial charge in [0.15, 0.2) is 0 Å². The maximum absolute atomic E-state index is 12.9. The molecule has 0 spiro atoms. The molecule has 2 aromatic rings. The van der Waals surface area contributed by atoms with Crippen molar-refractivity contribution in [3.63, 3.8) is 0 Å². The molecular weight excluding hydrogens is 267 g/mol. The second kappa shape index (κ2) is 7.33. The Morgan fingerprint density at radius 3 is 2.52 bits per heavy atom. The Bertz CT molecular complexity index is 562. The molecule has 0 aliphatic carbocycles. The number of aromatic nitrogens is 2. The molecule has 1 aromatic carbocycles. The summed E-state index contributed by atoms with van der Waals surface area (Å²) in [5.41, 5.74) is 6.21. The van der Waals surface area contributed by atoms with Crippen molar-refractivity contribution < 1.29 is 4.39 Å². The molecular formula is C16H23FN4. The summed E-state index contributed by atoms with van der Waals surface area (Å²) in [5.74, 6) is 5.46. The number of halogens is 1. The molecule has 3 N–H and O–H groups in total. The summed E-state index contributed by atoms with van der Waals surface area (Å²) >= 11 is 0. The zero-order valence-electron chi connectivity index (χ0n) is 12.6. The van der Waals surface area contributed by atoms with E-state index in [4.69, 9.17) is 5.84 Å². The maximum Gasteiger partial charge on any atom is 0.123 e. The van der Waals surface area contributed by atoms with E-state index < -0.39 is 0 Å². The molecule has 0 saturated carbocycles. The smallest absolute Gasteiger partial charge is 0.123 e. The van der Waals surface area contributed by atoms with Crippen LogP contribution in [0.2, 0.25) is 0 Å². The first-order valence-corrected chi connectivity index (χ1v) is 7.42. The molecule has 1 atom stereocenters. The second-order valence-corrected chi connectivity index (χ2v) is 5.19. The van der Waals surface area contributed by atoms with Crippen molar-refractivity contribution in [2.75, 3.05) is 0 Å². The van der Waals surface area contributed by atoms with Crippen LogP contribution in [0.1, 0.15) is 30.8 Å². The minimum Gasteiger partial charge on any atom is -0.271 e. The fourth-order valence-electron chi connectivity index (χ4n) is 2.47. The molecule has 21 heavy (non-hydrogen) atoms. The number of nitrogens with two attached hydrogens (primary N) is 1. The highest BCUT2D eigenvalue weighted by Gasteiger charge is 2.13. The van der Waals surface area contributed by atoms with Crippen molar-refractivity contribution in [1.29, 1.82) is 0 Å². The summed E-state index contributed by atoms with van der Waals surface area (Å²) in [7, 11) is 0. The average molecular weight is 290 g/mol. The quantitative estimate of drug-likeness (QED) is 0.607. The lowest BCUT2D eigenvalue weighted by Gasteiger charge is -2.16.